The number of benzene rings is 1. The van der Waals surface area contributed by atoms with E-state index < -0.39 is 18.1 Å². The van der Waals surface area contributed by atoms with Crippen molar-refractivity contribution in [3.8, 4) is 5.69 Å². The average molecular weight is 404 g/mol. The van der Waals surface area contributed by atoms with Gasteiger partial charge in [-0.25, -0.2) is 4.39 Å². The number of rotatable bonds is 5. The molecule has 0 spiro atoms. The zero-order chi connectivity index (χ0) is 21.3. The highest BCUT2D eigenvalue weighted by atomic mass is 19.1. The Bertz CT molecular complexity index is 1300. The van der Waals surface area contributed by atoms with Crippen LogP contribution >= 0.6 is 0 Å². The van der Waals surface area contributed by atoms with Crippen LogP contribution in [0.5, 0.6) is 0 Å². The molecule has 3 aromatic heterocycles. The summed E-state index contributed by atoms with van der Waals surface area (Å²) in [5, 5.41) is 9.84. The van der Waals surface area contributed by atoms with Crippen LogP contribution in [0.2, 0.25) is 0 Å². The molecule has 0 unspecified atom stereocenters. The monoisotopic (exact) mass is 404 g/mol. The molecule has 8 heteroatoms. The third kappa shape index (κ3) is 3.44. The number of primary amides is 1. The minimum Gasteiger partial charge on any atom is -0.392 e. The van der Waals surface area contributed by atoms with Crippen molar-refractivity contribution in [2.24, 2.45) is 5.73 Å². The van der Waals surface area contributed by atoms with Gasteiger partial charge in [0.15, 0.2) is 0 Å². The summed E-state index contributed by atoms with van der Waals surface area (Å²) in [5.41, 5.74) is 7.30. The molecule has 4 aromatic rings. The Morgan fingerprint density at radius 1 is 1.13 bits per heavy atom. The summed E-state index contributed by atoms with van der Waals surface area (Å²) in [7, 11) is 0. The molecule has 0 aliphatic carbocycles. The molecular weight excluding hydrogens is 387 g/mol. The summed E-state index contributed by atoms with van der Waals surface area (Å²) in [4.78, 5) is 33.6. The topological polar surface area (TPSA) is 111 Å². The van der Waals surface area contributed by atoms with Crippen molar-refractivity contribution in [1.29, 1.82) is 0 Å². The first kappa shape index (κ1) is 19.4. The first-order chi connectivity index (χ1) is 14.5. The van der Waals surface area contributed by atoms with Crippen LogP contribution in [0.15, 0.2) is 65.8 Å². The Morgan fingerprint density at radius 2 is 1.90 bits per heavy atom. The van der Waals surface area contributed by atoms with E-state index >= 15 is 0 Å². The fourth-order valence-electron chi connectivity index (χ4n) is 3.45. The van der Waals surface area contributed by atoms with E-state index in [0.29, 0.717) is 17.6 Å². The first-order valence-electron chi connectivity index (χ1n) is 9.11. The minimum absolute atomic E-state index is 0.0796. The molecular formula is C22H17FN4O3. The van der Waals surface area contributed by atoms with E-state index in [1.54, 1.807) is 42.7 Å². The zero-order valence-electron chi connectivity index (χ0n) is 15.7. The number of aliphatic hydroxyl groups excluding tert-OH is 1. The third-order valence-electron chi connectivity index (χ3n) is 4.80. The number of amides is 1. The van der Waals surface area contributed by atoms with Gasteiger partial charge in [0, 0.05) is 18.0 Å². The fourth-order valence-corrected chi connectivity index (χ4v) is 3.45. The lowest BCUT2D eigenvalue weighted by molar-refractivity contribution is 0.0995. The first-order valence-corrected chi connectivity index (χ1v) is 9.11. The number of aliphatic hydroxyl groups is 1. The Hall–Kier alpha value is -3.91. The summed E-state index contributed by atoms with van der Waals surface area (Å²) in [6.07, 6.45) is 5.09. The van der Waals surface area contributed by atoms with E-state index in [2.05, 4.69) is 9.97 Å². The summed E-state index contributed by atoms with van der Waals surface area (Å²) in [6.45, 7) is -0.567. The van der Waals surface area contributed by atoms with Crippen molar-refractivity contribution in [2.75, 3.05) is 0 Å². The van der Waals surface area contributed by atoms with Gasteiger partial charge < -0.3 is 10.8 Å². The van der Waals surface area contributed by atoms with Crippen LogP contribution in [0.25, 0.3) is 16.7 Å². The average Bonchev–Trinajstić information content (AvgIpc) is 2.74. The molecule has 0 atom stereocenters. The summed E-state index contributed by atoms with van der Waals surface area (Å²) in [5.74, 6) is -1.27. The van der Waals surface area contributed by atoms with Crippen LogP contribution < -0.4 is 11.3 Å². The molecule has 0 saturated carbocycles. The van der Waals surface area contributed by atoms with Gasteiger partial charge >= 0.3 is 0 Å². The lowest BCUT2D eigenvalue weighted by atomic mass is 10.0. The lowest BCUT2D eigenvalue weighted by Crippen LogP contribution is -2.31. The normalized spacial score (nSPS) is 11.0. The van der Waals surface area contributed by atoms with Crippen LogP contribution in [0.3, 0.4) is 0 Å². The molecule has 0 saturated heterocycles. The molecule has 4 rings (SSSR count). The van der Waals surface area contributed by atoms with Gasteiger partial charge in [0.05, 0.1) is 29.5 Å². The van der Waals surface area contributed by atoms with Crippen LogP contribution in [0.4, 0.5) is 4.39 Å². The second kappa shape index (κ2) is 7.84. The van der Waals surface area contributed by atoms with Crippen molar-refractivity contribution in [1.82, 2.24) is 14.5 Å². The Kier molecular flexibility index (Phi) is 5.07. The van der Waals surface area contributed by atoms with Crippen molar-refractivity contribution in [3.63, 3.8) is 0 Å². The molecule has 0 radical (unpaired) electrons. The summed E-state index contributed by atoms with van der Waals surface area (Å²) < 4.78 is 14.5. The number of pyridine rings is 3. The predicted molar refractivity (Wildman–Crippen MR) is 109 cm³/mol. The number of halogens is 1. The summed E-state index contributed by atoms with van der Waals surface area (Å²) in [6, 6.07) is 11.2. The van der Waals surface area contributed by atoms with Gasteiger partial charge in [0.1, 0.15) is 11.4 Å². The second-order valence-corrected chi connectivity index (χ2v) is 6.74. The molecule has 1 aromatic carbocycles. The highest BCUT2D eigenvalue weighted by molar-refractivity contribution is 5.98. The van der Waals surface area contributed by atoms with Gasteiger partial charge in [-0.2, -0.15) is 0 Å². The van der Waals surface area contributed by atoms with E-state index in [1.165, 1.54) is 22.9 Å². The molecule has 7 nitrogen and oxygen atoms in total. The van der Waals surface area contributed by atoms with Crippen molar-refractivity contribution >= 4 is 16.9 Å². The van der Waals surface area contributed by atoms with Gasteiger partial charge in [-0.15, -0.1) is 0 Å². The van der Waals surface area contributed by atoms with Crippen LogP contribution in [-0.4, -0.2) is 25.5 Å². The maximum atomic E-state index is 13.2. The quantitative estimate of drug-likeness (QED) is 0.529. The number of nitrogens with zero attached hydrogens (tertiary/aromatic N) is 3. The second-order valence-electron chi connectivity index (χ2n) is 6.74. The van der Waals surface area contributed by atoms with E-state index in [9.17, 15) is 19.1 Å². The highest BCUT2D eigenvalue weighted by Crippen LogP contribution is 2.23. The minimum atomic E-state index is -0.944. The molecule has 30 heavy (non-hydrogen) atoms. The van der Waals surface area contributed by atoms with E-state index in [0.717, 1.165) is 11.1 Å². The molecule has 3 N–H and O–H groups in total. The number of hydrogen-bond acceptors (Lipinski definition) is 5. The Balaban J connectivity index is 2.00. The molecule has 0 bridgehead atoms. The molecule has 0 aliphatic heterocycles. The van der Waals surface area contributed by atoms with Gasteiger partial charge in [-0.3, -0.25) is 24.1 Å². The number of aromatic nitrogens is 3. The number of carbonyl (C=O) groups excluding carboxylic acids is 1. The lowest BCUT2D eigenvalue weighted by Gasteiger charge is -2.16. The maximum absolute atomic E-state index is 13.2. The Labute approximate surface area is 170 Å². The largest absolute Gasteiger partial charge is 0.392 e. The number of nitrogens with two attached hydrogens (primary N) is 1. The van der Waals surface area contributed by atoms with Crippen LogP contribution in [0, 0.1) is 5.82 Å². The van der Waals surface area contributed by atoms with Gasteiger partial charge in [-0.05, 0) is 47.9 Å². The van der Waals surface area contributed by atoms with Crippen LogP contribution in [-0.2, 0) is 13.0 Å². The predicted octanol–water partition coefficient (Wildman–Crippen LogP) is 2.10. The molecule has 3 heterocycles. The van der Waals surface area contributed by atoms with E-state index in [4.69, 9.17) is 5.73 Å². The van der Waals surface area contributed by atoms with Crippen molar-refractivity contribution in [2.45, 2.75) is 13.0 Å². The number of hydrogen-bond donors (Lipinski definition) is 2. The van der Waals surface area contributed by atoms with Gasteiger partial charge in [0.25, 0.3) is 11.5 Å². The standard InChI is InChI=1S/C22H17FN4O3/c23-15-5-3-13(4-6-15)8-14-9-18-20(26-10-14)17(12-28)19(21(24)29)22(30)27(18)16-2-1-7-25-11-16/h1-7,9-11,28H,8,12H2,(H2,24,29). The van der Waals surface area contributed by atoms with Gasteiger partial charge in [0.2, 0.25) is 0 Å². The number of carbonyl (C=O) groups is 1. The Morgan fingerprint density at radius 3 is 2.53 bits per heavy atom. The molecule has 1 amide bonds. The zero-order valence-corrected chi connectivity index (χ0v) is 15.7. The smallest absolute Gasteiger partial charge is 0.268 e. The SMILES string of the molecule is NC(=O)c1c(CO)c2ncc(Cc3ccc(F)cc3)cc2n(-c2cccnc2)c1=O. The van der Waals surface area contributed by atoms with Gasteiger partial charge in [-0.1, -0.05) is 12.1 Å². The third-order valence-corrected chi connectivity index (χ3v) is 4.80. The number of fused-ring (bicyclic) bond motifs is 1. The molecule has 0 aliphatic rings. The fraction of sp³-hybridized carbons (Fsp3) is 0.0909. The summed E-state index contributed by atoms with van der Waals surface area (Å²) >= 11 is 0. The van der Waals surface area contributed by atoms with Crippen molar-refractivity contribution in [3.05, 3.63) is 99.5 Å². The molecule has 0 fully saturated rings. The highest BCUT2D eigenvalue weighted by Gasteiger charge is 2.22. The van der Waals surface area contributed by atoms with Crippen molar-refractivity contribution < 1.29 is 14.3 Å². The van der Waals surface area contributed by atoms with Crippen LogP contribution in [0.1, 0.15) is 27.0 Å². The van der Waals surface area contributed by atoms with E-state index in [1.807, 2.05) is 0 Å². The van der Waals surface area contributed by atoms with E-state index in [-0.39, 0.29) is 22.5 Å². The molecule has 150 valence electrons. The maximum Gasteiger partial charge on any atom is 0.268 e.